The number of thiophene rings is 1. The molecular formula is C23H23FN2O2S. The molecule has 3 aromatic rings. The van der Waals surface area contributed by atoms with E-state index in [0.717, 1.165) is 45.4 Å². The van der Waals surface area contributed by atoms with Crippen molar-refractivity contribution in [3.05, 3.63) is 70.2 Å². The van der Waals surface area contributed by atoms with Gasteiger partial charge >= 0.3 is 0 Å². The molecular weight excluding hydrogens is 387 g/mol. The van der Waals surface area contributed by atoms with E-state index in [9.17, 15) is 9.18 Å². The molecule has 1 fully saturated rings. The lowest BCUT2D eigenvalue weighted by atomic mass is 10.1. The minimum absolute atomic E-state index is 0.0802. The summed E-state index contributed by atoms with van der Waals surface area (Å²) in [5.74, 6) is 0.664. The lowest BCUT2D eigenvalue weighted by Crippen LogP contribution is -2.48. The number of carbonyl (C=O) groups excluding carboxylic acids is 1. The fourth-order valence-electron chi connectivity index (χ4n) is 3.62. The zero-order valence-electron chi connectivity index (χ0n) is 16.5. The summed E-state index contributed by atoms with van der Waals surface area (Å²) in [4.78, 5) is 19.0. The van der Waals surface area contributed by atoms with Gasteiger partial charge in [-0.1, -0.05) is 12.1 Å². The van der Waals surface area contributed by atoms with Crippen molar-refractivity contribution in [3.63, 3.8) is 0 Å². The number of benzene rings is 2. The molecule has 1 amide bonds. The number of carbonyl (C=O) groups is 1. The Kier molecular flexibility index (Phi) is 5.53. The number of hydrogen-bond acceptors (Lipinski definition) is 4. The first-order valence-corrected chi connectivity index (χ1v) is 10.4. The van der Waals surface area contributed by atoms with Crippen molar-refractivity contribution in [3.8, 4) is 16.9 Å². The van der Waals surface area contributed by atoms with Crippen molar-refractivity contribution >= 4 is 22.9 Å². The zero-order valence-corrected chi connectivity index (χ0v) is 17.3. The van der Waals surface area contributed by atoms with E-state index in [0.29, 0.717) is 13.1 Å². The highest BCUT2D eigenvalue weighted by molar-refractivity contribution is 7.14. The van der Waals surface area contributed by atoms with Gasteiger partial charge in [-0.25, -0.2) is 4.39 Å². The van der Waals surface area contributed by atoms with Gasteiger partial charge in [0.25, 0.3) is 5.91 Å². The smallest absolute Gasteiger partial charge is 0.264 e. The molecule has 6 heteroatoms. The fourth-order valence-corrected chi connectivity index (χ4v) is 4.63. The van der Waals surface area contributed by atoms with E-state index in [2.05, 4.69) is 4.90 Å². The van der Waals surface area contributed by atoms with Gasteiger partial charge in [-0.2, -0.15) is 0 Å². The topological polar surface area (TPSA) is 32.8 Å². The molecule has 1 saturated heterocycles. The zero-order chi connectivity index (χ0) is 20.4. The monoisotopic (exact) mass is 410 g/mol. The Morgan fingerprint density at radius 3 is 2.28 bits per heavy atom. The molecule has 1 aliphatic heterocycles. The summed E-state index contributed by atoms with van der Waals surface area (Å²) in [7, 11) is 1.65. The summed E-state index contributed by atoms with van der Waals surface area (Å²) in [6.45, 7) is 4.85. The van der Waals surface area contributed by atoms with Gasteiger partial charge < -0.3 is 14.5 Å². The first kappa shape index (κ1) is 19.5. The Bertz CT molecular complexity index is 991. The van der Waals surface area contributed by atoms with Gasteiger partial charge in [-0.3, -0.25) is 4.79 Å². The molecule has 0 saturated carbocycles. The van der Waals surface area contributed by atoms with Gasteiger partial charge in [-0.15, -0.1) is 11.3 Å². The molecule has 0 bridgehead atoms. The number of rotatable bonds is 4. The summed E-state index contributed by atoms with van der Waals surface area (Å²) in [6, 6.07) is 16.4. The van der Waals surface area contributed by atoms with Crippen LogP contribution in [0.15, 0.2) is 54.6 Å². The molecule has 0 spiro atoms. The van der Waals surface area contributed by atoms with Crippen molar-refractivity contribution in [2.75, 3.05) is 38.2 Å². The van der Waals surface area contributed by atoms with Crippen molar-refractivity contribution in [1.82, 2.24) is 4.90 Å². The molecule has 4 nitrogen and oxygen atoms in total. The molecule has 29 heavy (non-hydrogen) atoms. The maximum atomic E-state index is 13.1. The first-order valence-electron chi connectivity index (χ1n) is 9.60. The Labute approximate surface area is 174 Å². The third-order valence-corrected chi connectivity index (χ3v) is 6.33. The number of ether oxygens (including phenoxy) is 1. The van der Waals surface area contributed by atoms with E-state index in [1.54, 1.807) is 30.6 Å². The third kappa shape index (κ3) is 4.12. The standard InChI is InChI=1S/C23H23FN2O2S/c1-16-21(17-3-9-20(28-2)10-4-17)15-22(29-16)23(27)26-13-11-25(12-14-26)19-7-5-18(24)6-8-19/h3-10,15H,11-14H2,1-2H3. The van der Waals surface area contributed by atoms with Crippen molar-refractivity contribution in [2.45, 2.75) is 6.92 Å². The van der Waals surface area contributed by atoms with Crippen LogP contribution in [0, 0.1) is 12.7 Å². The highest BCUT2D eigenvalue weighted by atomic mass is 32.1. The number of piperazine rings is 1. The number of halogens is 1. The van der Waals surface area contributed by atoms with E-state index in [4.69, 9.17) is 4.74 Å². The molecule has 150 valence electrons. The minimum atomic E-state index is -0.233. The van der Waals surface area contributed by atoms with Crippen LogP contribution < -0.4 is 9.64 Å². The van der Waals surface area contributed by atoms with Crippen LogP contribution in [0.5, 0.6) is 5.75 Å². The molecule has 1 aliphatic rings. The second kappa shape index (κ2) is 8.25. The van der Waals surface area contributed by atoms with Gasteiger partial charge in [0.1, 0.15) is 11.6 Å². The van der Waals surface area contributed by atoms with E-state index in [-0.39, 0.29) is 11.7 Å². The number of hydrogen-bond donors (Lipinski definition) is 0. The maximum absolute atomic E-state index is 13.1. The molecule has 0 atom stereocenters. The average molecular weight is 411 g/mol. The SMILES string of the molecule is COc1ccc(-c2cc(C(=O)N3CCN(c4ccc(F)cc4)CC3)sc2C)cc1. The van der Waals surface area contributed by atoms with Crippen molar-refractivity contribution in [1.29, 1.82) is 0 Å². The van der Waals surface area contributed by atoms with Crippen LogP contribution in [-0.2, 0) is 0 Å². The average Bonchev–Trinajstić information content (AvgIpc) is 3.15. The van der Waals surface area contributed by atoms with E-state index >= 15 is 0 Å². The molecule has 2 heterocycles. The predicted molar refractivity (Wildman–Crippen MR) is 116 cm³/mol. The Hall–Kier alpha value is -2.86. The molecule has 0 aliphatic carbocycles. The van der Waals surface area contributed by atoms with Crippen molar-refractivity contribution in [2.24, 2.45) is 0 Å². The molecule has 1 aromatic heterocycles. The highest BCUT2D eigenvalue weighted by Crippen LogP contribution is 2.33. The molecule has 4 rings (SSSR count). The largest absolute Gasteiger partial charge is 0.497 e. The summed E-state index contributed by atoms with van der Waals surface area (Å²) >= 11 is 1.54. The Morgan fingerprint density at radius 2 is 1.66 bits per heavy atom. The summed E-state index contributed by atoms with van der Waals surface area (Å²) < 4.78 is 18.4. The Morgan fingerprint density at radius 1 is 1.00 bits per heavy atom. The number of amides is 1. The second-order valence-corrected chi connectivity index (χ2v) is 8.32. The van der Waals surface area contributed by atoms with Gasteiger partial charge in [-0.05, 0) is 60.5 Å². The normalized spacial score (nSPS) is 14.2. The fraction of sp³-hybridized carbons (Fsp3) is 0.261. The number of aryl methyl sites for hydroxylation is 1. The van der Waals surface area contributed by atoms with Gasteiger partial charge in [0.2, 0.25) is 0 Å². The van der Waals surface area contributed by atoms with Crippen LogP contribution in [0.25, 0.3) is 11.1 Å². The summed E-state index contributed by atoms with van der Waals surface area (Å²) in [5, 5.41) is 0. The summed E-state index contributed by atoms with van der Waals surface area (Å²) in [6.07, 6.45) is 0. The van der Waals surface area contributed by atoms with Crippen LogP contribution in [0.3, 0.4) is 0 Å². The van der Waals surface area contributed by atoms with Crippen LogP contribution in [0.1, 0.15) is 14.5 Å². The molecule has 0 N–H and O–H groups in total. The third-order valence-electron chi connectivity index (χ3n) is 5.29. The summed E-state index contributed by atoms with van der Waals surface area (Å²) in [5.41, 5.74) is 3.16. The lowest BCUT2D eigenvalue weighted by Gasteiger charge is -2.36. The van der Waals surface area contributed by atoms with Gasteiger partial charge in [0, 0.05) is 36.7 Å². The van der Waals surface area contributed by atoms with E-state index in [1.165, 1.54) is 12.1 Å². The van der Waals surface area contributed by atoms with Crippen LogP contribution in [-0.4, -0.2) is 44.1 Å². The van der Waals surface area contributed by atoms with Crippen LogP contribution in [0.2, 0.25) is 0 Å². The number of anilines is 1. The highest BCUT2D eigenvalue weighted by Gasteiger charge is 2.24. The van der Waals surface area contributed by atoms with Crippen LogP contribution >= 0.6 is 11.3 Å². The Balaban J connectivity index is 1.44. The van der Waals surface area contributed by atoms with Crippen molar-refractivity contribution < 1.29 is 13.9 Å². The van der Waals surface area contributed by atoms with Gasteiger partial charge in [0.15, 0.2) is 0 Å². The van der Waals surface area contributed by atoms with Gasteiger partial charge in [0.05, 0.1) is 12.0 Å². The van der Waals surface area contributed by atoms with E-state index < -0.39 is 0 Å². The quantitative estimate of drug-likeness (QED) is 0.617. The maximum Gasteiger partial charge on any atom is 0.264 e. The molecule has 0 radical (unpaired) electrons. The number of nitrogens with zero attached hydrogens (tertiary/aromatic N) is 2. The van der Waals surface area contributed by atoms with E-state index in [1.807, 2.05) is 42.2 Å². The first-order chi connectivity index (χ1) is 14.0. The van der Waals surface area contributed by atoms with Crippen LogP contribution in [0.4, 0.5) is 10.1 Å². The molecule has 0 unspecified atom stereocenters. The second-order valence-electron chi connectivity index (χ2n) is 7.06. The number of methoxy groups -OCH3 is 1. The predicted octanol–water partition coefficient (Wildman–Crippen LogP) is 4.83. The molecule has 2 aromatic carbocycles. The minimum Gasteiger partial charge on any atom is -0.497 e. The lowest BCUT2D eigenvalue weighted by molar-refractivity contribution is 0.0751.